The van der Waals surface area contributed by atoms with Gasteiger partial charge in [0.05, 0.1) is 6.61 Å². The van der Waals surface area contributed by atoms with E-state index in [9.17, 15) is 0 Å². The second-order valence-corrected chi connectivity index (χ2v) is 4.41. The van der Waals surface area contributed by atoms with Crippen LogP contribution in [0.25, 0.3) is 10.9 Å². The fourth-order valence-electron chi connectivity index (χ4n) is 1.77. The van der Waals surface area contributed by atoms with E-state index in [1.165, 1.54) is 6.42 Å². The molecule has 3 heteroatoms. The molecule has 0 bridgehead atoms. The number of pyridine rings is 1. The molecule has 2 nitrogen and oxygen atoms in total. The highest BCUT2D eigenvalue weighted by molar-refractivity contribution is 7.80. The smallest absolute Gasteiger partial charge is 0.145 e. The van der Waals surface area contributed by atoms with Crippen LogP contribution in [-0.2, 0) is 0 Å². The average Bonchev–Trinajstić information content (AvgIpc) is 2.39. The molecular formula is C14H17NOS. The van der Waals surface area contributed by atoms with Gasteiger partial charge in [0.15, 0.2) is 0 Å². The van der Waals surface area contributed by atoms with Crippen LogP contribution in [0.5, 0.6) is 5.75 Å². The van der Waals surface area contributed by atoms with Crippen molar-refractivity contribution in [3.05, 3.63) is 36.5 Å². The van der Waals surface area contributed by atoms with Gasteiger partial charge in [0.1, 0.15) is 11.3 Å². The molecule has 17 heavy (non-hydrogen) atoms. The lowest BCUT2D eigenvalue weighted by molar-refractivity contribution is 0.309. The summed E-state index contributed by atoms with van der Waals surface area (Å²) in [4.78, 5) is 4.36. The maximum absolute atomic E-state index is 5.78. The van der Waals surface area contributed by atoms with Crippen LogP contribution in [0.2, 0.25) is 0 Å². The van der Waals surface area contributed by atoms with E-state index in [-0.39, 0.29) is 0 Å². The maximum Gasteiger partial charge on any atom is 0.145 e. The first-order valence-electron chi connectivity index (χ1n) is 5.99. The summed E-state index contributed by atoms with van der Waals surface area (Å²) < 4.78 is 5.78. The van der Waals surface area contributed by atoms with Crippen LogP contribution in [0.1, 0.15) is 19.3 Å². The van der Waals surface area contributed by atoms with E-state index in [2.05, 4.69) is 29.7 Å². The summed E-state index contributed by atoms with van der Waals surface area (Å²) in [5.74, 6) is 1.84. The highest BCUT2D eigenvalue weighted by Gasteiger charge is 2.01. The molecule has 0 unspecified atom stereocenters. The fourth-order valence-corrected chi connectivity index (χ4v) is 1.99. The average molecular weight is 247 g/mol. The van der Waals surface area contributed by atoms with Gasteiger partial charge in [-0.1, -0.05) is 18.2 Å². The number of aromatic nitrogens is 1. The van der Waals surface area contributed by atoms with E-state index in [1.54, 1.807) is 6.20 Å². The predicted octanol–water partition coefficient (Wildman–Crippen LogP) is 3.71. The van der Waals surface area contributed by atoms with Crippen LogP contribution < -0.4 is 4.74 Å². The normalized spacial score (nSPS) is 10.6. The summed E-state index contributed by atoms with van der Waals surface area (Å²) in [5, 5.41) is 1.13. The Hall–Kier alpha value is -1.22. The number of hydrogen-bond acceptors (Lipinski definition) is 3. The third-order valence-corrected chi connectivity index (χ3v) is 2.97. The number of nitrogens with zero attached hydrogens (tertiary/aromatic N) is 1. The molecule has 0 atom stereocenters. The lowest BCUT2D eigenvalue weighted by Crippen LogP contribution is -1.98. The maximum atomic E-state index is 5.78. The summed E-state index contributed by atoms with van der Waals surface area (Å²) in [6.07, 6.45) is 5.20. The largest absolute Gasteiger partial charge is 0.491 e. The van der Waals surface area contributed by atoms with Crippen molar-refractivity contribution in [1.82, 2.24) is 4.98 Å². The van der Waals surface area contributed by atoms with Crippen molar-refractivity contribution >= 4 is 23.5 Å². The third-order valence-electron chi connectivity index (χ3n) is 2.66. The van der Waals surface area contributed by atoms with Crippen LogP contribution in [0, 0.1) is 0 Å². The van der Waals surface area contributed by atoms with E-state index in [0.29, 0.717) is 0 Å². The van der Waals surface area contributed by atoms with Gasteiger partial charge < -0.3 is 4.74 Å². The topological polar surface area (TPSA) is 22.1 Å². The van der Waals surface area contributed by atoms with Gasteiger partial charge in [-0.15, -0.1) is 0 Å². The van der Waals surface area contributed by atoms with Crippen molar-refractivity contribution < 1.29 is 4.74 Å². The van der Waals surface area contributed by atoms with Gasteiger partial charge >= 0.3 is 0 Å². The molecule has 1 aromatic heterocycles. The Morgan fingerprint density at radius 2 is 1.94 bits per heavy atom. The Labute approximate surface area is 107 Å². The minimum atomic E-state index is 0.753. The number of thiol groups is 1. The van der Waals surface area contributed by atoms with E-state index < -0.39 is 0 Å². The number of unbranched alkanes of at least 4 members (excludes halogenated alkanes) is 2. The van der Waals surface area contributed by atoms with E-state index in [4.69, 9.17) is 4.74 Å². The molecule has 0 aliphatic carbocycles. The molecule has 2 aromatic rings. The Morgan fingerprint density at radius 1 is 1.06 bits per heavy atom. The first-order valence-corrected chi connectivity index (χ1v) is 6.62. The summed E-state index contributed by atoms with van der Waals surface area (Å²) in [6.45, 7) is 0.753. The molecule has 1 heterocycles. The van der Waals surface area contributed by atoms with Crippen LogP contribution in [0.15, 0.2) is 36.5 Å². The molecule has 0 aliphatic rings. The molecule has 1 aromatic carbocycles. The van der Waals surface area contributed by atoms with Crippen molar-refractivity contribution in [2.75, 3.05) is 12.4 Å². The van der Waals surface area contributed by atoms with E-state index in [0.717, 1.165) is 41.9 Å². The van der Waals surface area contributed by atoms with Gasteiger partial charge in [-0.2, -0.15) is 12.6 Å². The Morgan fingerprint density at radius 3 is 2.82 bits per heavy atom. The van der Waals surface area contributed by atoms with Gasteiger partial charge in [-0.3, -0.25) is 4.98 Å². The molecular weight excluding hydrogens is 230 g/mol. The number of fused-ring (bicyclic) bond motifs is 1. The van der Waals surface area contributed by atoms with Crippen LogP contribution in [0.4, 0.5) is 0 Å². The van der Waals surface area contributed by atoms with E-state index >= 15 is 0 Å². The molecule has 0 saturated heterocycles. The van der Waals surface area contributed by atoms with Gasteiger partial charge in [-0.25, -0.2) is 0 Å². The standard InChI is InChI=1S/C14H17NOS/c17-11-3-1-2-10-16-13-8-4-6-12-7-5-9-15-14(12)13/h4-9,17H,1-3,10-11H2. The molecule has 0 radical (unpaired) electrons. The van der Waals surface area contributed by atoms with Crippen LogP contribution in [-0.4, -0.2) is 17.3 Å². The highest BCUT2D eigenvalue weighted by atomic mass is 32.1. The summed E-state index contributed by atoms with van der Waals surface area (Å²) in [7, 11) is 0. The van der Waals surface area contributed by atoms with Crippen molar-refractivity contribution in [3.8, 4) is 5.75 Å². The predicted molar refractivity (Wildman–Crippen MR) is 74.9 cm³/mol. The van der Waals surface area contributed by atoms with Gasteiger partial charge in [-0.05, 0) is 37.1 Å². The number of ether oxygens (including phenoxy) is 1. The number of hydrogen-bond donors (Lipinski definition) is 1. The number of rotatable bonds is 6. The quantitative estimate of drug-likeness (QED) is 0.621. The van der Waals surface area contributed by atoms with Crippen LogP contribution in [0.3, 0.4) is 0 Å². The van der Waals surface area contributed by atoms with Gasteiger partial charge in [0.2, 0.25) is 0 Å². The minimum absolute atomic E-state index is 0.753. The minimum Gasteiger partial charge on any atom is -0.491 e. The second-order valence-electron chi connectivity index (χ2n) is 3.96. The Kier molecular flexibility index (Phi) is 4.68. The zero-order chi connectivity index (χ0) is 11.9. The monoisotopic (exact) mass is 247 g/mol. The summed E-state index contributed by atoms with van der Waals surface area (Å²) in [5.41, 5.74) is 0.948. The van der Waals surface area contributed by atoms with Gasteiger partial charge in [0, 0.05) is 11.6 Å². The lowest BCUT2D eigenvalue weighted by atomic mass is 10.2. The van der Waals surface area contributed by atoms with Gasteiger partial charge in [0.25, 0.3) is 0 Å². The van der Waals surface area contributed by atoms with Crippen molar-refractivity contribution in [1.29, 1.82) is 0 Å². The summed E-state index contributed by atoms with van der Waals surface area (Å²) >= 11 is 4.19. The SMILES string of the molecule is SCCCCCOc1cccc2cccnc12. The third kappa shape index (κ3) is 3.37. The zero-order valence-corrected chi connectivity index (χ0v) is 10.7. The van der Waals surface area contributed by atoms with Crippen molar-refractivity contribution in [2.24, 2.45) is 0 Å². The number of benzene rings is 1. The first-order chi connectivity index (χ1) is 8.42. The second kappa shape index (κ2) is 6.50. The molecule has 0 saturated carbocycles. The van der Waals surface area contributed by atoms with E-state index in [1.807, 2.05) is 18.2 Å². The Bertz CT molecular complexity index is 467. The van der Waals surface area contributed by atoms with Crippen molar-refractivity contribution in [2.45, 2.75) is 19.3 Å². The molecule has 0 fully saturated rings. The van der Waals surface area contributed by atoms with Crippen molar-refractivity contribution in [3.63, 3.8) is 0 Å². The number of para-hydroxylation sites is 1. The summed E-state index contributed by atoms with van der Waals surface area (Å²) in [6, 6.07) is 10.0. The molecule has 0 N–H and O–H groups in total. The Balaban J connectivity index is 1.98. The fraction of sp³-hybridized carbons (Fsp3) is 0.357. The first kappa shape index (κ1) is 12.2. The molecule has 0 amide bonds. The van der Waals surface area contributed by atoms with Crippen LogP contribution >= 0.6 is 12.6 Å². The lowest BCUT2D eigenvalue weighted by Gasteiger charge is -2.08. The molecule has 90 valence electrons. The highest BCUT2D eigenvalue weighted by Crippen LogP contribution is 2.23. The molecule has 0 spiro atoms. The molecule has 0 aliphatic heterocycles. The molecule has 2 rings (SSSR count). The zero-order valence-electron chi connectivity index (χ0n) is 9.80.